The summed E-state index contributed by atoms with van der Waals surface area (Å²) in [5, 5.41) is 0. The van der Waals surface area contributed by atoms with Gasteiger partial charge in [-0.25, -0.2) is 0 Å². The fourth-order valence-corrected chi connectivity index (χ4v) is 4.55. The molecule has 0 spiro atoms. The lowest BCUT2D eigenvalue weighted by Gasteiger charge is -2.47. The van der Waals surface area contributed by atoms with Gasteiger partial charge in [0.2, 0.25) is 0 Å². The molecule has 0 heteroatoms. The highest BCUT2D eigenvalue weighted by atomic mass is 14.4. The smallest absolute Gasteiger partial charge is 0.0297 e. The summed E-state index contributed by atoms with van der Waals surface area (Å²) in [6, 6.07) is 0. The molecule has 0 N–H and O–H groups in total. The summed E-state index contributed by atoms with van der Waals surface area (Å²) in [4.78, 5) is 0. The summed E-state index contributed by atoms with van der Waals surface area (Å²) in [5.41, 5.74) is 0.601. The maximum atomic E-state index is 2.58. The molecule has 0 heterocycles. The Balaban J connectivity index is 0.00000162. The van der Waals surface area contributed by atoms with Crippen LogP contribution in [0.3, 0.4) is 0 Å². The molecule has 0 bridgehead atoms. The van der Waals surface area contributed by atoms with E-state index in [1.807, 2.05) is 0 Å². The van der Waals surface area contributed by atoms with E-state index in [9.17, 15) is 0 Å². The van der Waals surface area contributed by atoms with Crippen molar-refractivity contribution in [3.63, 3.8) is 0 Å². The van der Waals surface area contributed by atoms with Crippen LogP contribution in [0.5, 0.6) is 0 Å². The second kappa shape index (κ2) is 6.44. The van der Waals surface area contributed by atoms with Gasteiger partial charge in [0.25, 0.3) is 0 Å². The van der Waals surface area contributed by atoms with E-state index >= 15 is 0 Å². The molecule has 0 radical (unpaired) electrons. The Morgan fingerprint density at radius 1 is 0.722 bits per heavy atom. The predicted octanol–water partition coefficient (Wildman–Crippen LogP) is 6.30. The highest BCUT2D eigenvalue weighted by molar-refractivity contribution is 4.90. The zero-order valence-corrected chi connectivity index (χ0v) is 12.5. The Morgan fingerprint density at radius 3 is 1.44 bits per heavy atom. The van der Waals surface area contributed by atoms with Gasteiger partial charge in [-0.15, -0.1) is 0 Å². The molecule has 2 fully saturated rings. The van der Waals surface area contributed by atoms with Gasteiger partial charge >= 0.3 is 0 Å². The molecule has 108 valence electrons. The van der Waals surface area contributed by atoms with Crippen molar-refractivity contribution in [1.29, 1.82) is 0 Å². The fraction of sp³-hybridized carbons (Fsp3) is 1.00. The SMILES string of the molecule is C.CC1CCCC(C(C)(C)C2CCCC(C)C2)C1. The van der Waals surface area contributed by atoms with Crippen LogP contribution in [0.25, 0.3) is 0 Å². The molecule has 0 saturated heterocycles. The maximum Gasteiger partial charge on any atom is -0.0297 e. The molecule has 0 aromatic rings. The highest BCUT2D eigenvalue weighted by Gasteiger charge is 2.40. The Labute approximate surface area is 116 Å². The van der Waals surface area contributed by atoms with E-state index in [-0.39, 0.29) is 7.43 Å². The van der Waals surface area contributed by atoms with Gasteiger partial charge < -0.3 is 0 Å². The van der Waals surface area contributed by atoms with Crippen LogP contribution in [0.2, 0.25) is 0 Å². The fourth-order valence-electron chi connectivity index (χ4n) is 4.55. The Kier molecular flexibility index (Phi) is 5.74. The third-order valence-electron chi connectivity index (χ3n) is 5.98. The van der Waals surface area contributed by atoms with Crippen LogP contribution < -0.4 is 0 Å². The minimum Gasteiger partial charge on any atom is -0.0776 e. The lowest BCUT2D eigenvalue weighted by atomic mass is 9.59. The van der Waals surface area contributed by atoms with Crippen molar-refractivity contribution >= 4 is 0 Å². The Morgan fingerprint density at radius 2 is 1.11 bits per heavy atom. The first-order valence-electron chi connectivity index (χ1n) is 8.00. The second-order valence-electron chi connectivity index (χ2n) is 7.76. The van der Waals surface area contributed by atoms with Crippen molar-refractivity contribution in [3.05, 3.63) is 0 Å². The second-order valence-corrected chi connectivity index (χ2v) is 7.76. The van der Waals surface area contributed by atoms with E-state index in [0.29, 0.717) is 5.41 Å². The molecule has 2 rings (SSSR count). The van der Waals surface area contributed by atoms with Crippen LogP contribution in [0.1, 0.15) is 86.5 Å². The van der Waals surface area contributed by atoms with Gasteiger partial charge in [-0.3, -0.25) is 0 Å². The first-order chi connectivity index (χ1) is 8.00. The summed E-state index contributed by atoms with van der Waals surface area (Å²) in [7, 11) is 0. The molecular weight excluding hydrogens is 216 g/mol. The first kappa shape index (κ1) is 16.1. The molecule has 0 amide bonds. The average Bonchev–Trinajstić information content (AvgIpc) is 2.29. The summed E-state index contributed by atoms with van der Waals surface area (Å²) in [6.07, 6.45) is 11.9. The van der Waals surface area contributed by atoms with Gasteiger partial charge in [-0.1, -0.05) is 60.8 Å². The van der Waals surface area contributed by atoms with Crippen LogP contribution in [0.4, 0.5) is 0 Å². The van der Waals surface area contributed by atoms with Gasteiger partial charge in [-0.05, 0) is 54.8 Å². The third kappa shape index (κ3) is 3.52. The van der Waals surface area contributed by atoms with E-state index < -0.39 is 0 Å². The van der Waals surface area contributed by atoms with Gasteiger partial charge in [0.1, 0.15) is 0 Å². The van der Waals surface area contributed by atoms with Gasteiger partial charge in [0, 0.05) is 0 Å². The van der Waals surface area contributed by atoms with Crippen molar-refractivity contribution in [3.8, 4) is 0 Å². The first-order valence-corrected chi connectivity index (χ1v) is 8.00. The molecule has 2 aliphatic rings. The van der Waals surface area contributed by atoms with Crippen molar-refractivity contribution in [2.45, 2.75) is 86.5 Å². The van der Waals surface area contributed by atoms with E-state index in [0.717, 1.165) is 23.7 Å². The number of hydrogen-bond donors (Lipinski definition) is 0. The minimum atomic E-state index is 0. The normalized spacial score (nSPS) is 38.0. The molecular formula is C18H36. The lowest BCUT2D eigenvalue weighted by Crippen LogP contribution is -2.37. The quantitative estimate of drug-likeness (QED) is 0.541. The number of rotatable bonds is 2. The van der Waals surface area contributed by atoms with E-state index in [1.54, 1.807) is 0 Å². The summed E-state index contributed by atoms with van der Waals surface area (Å²) in [6.45, 7) is 10.1. The Bertz CT molecular complexity index is 216. The van der Waals surface area contributed by atoms with E-state index in [2.05, 4.69) is 27.7 Å². The molecule has 4 atom stereocenters. The van der Waals surface area contributed by atoms with Crippen molar-refractivity contribution < 1.29 is 0 Å². The van der Waals surface area contributed by atoms with Crippen molar-refractivity contribution in [2.75, 3.05) is 0 Å². The zero-order valence-electron chi connectivity index (χ0n) is 12.5. The zero-order chi connectivity index (χ0) is 12.5. The molecule has 0 aliphatic heterocycles. The van der Waals surface area contributed by atoms with Gasteiger partial charge in [-0.2, -0.15) is 0 Å². The number of hydrogen-bond acceptors (Lipinski definition) is 0. The largest absolute Gasteiger partial charge is 0.0776 e. The van der Waals surface area contributed by atoms with Crippen LogP contribution in [0.15, 0.2) is 0 Å². The van der Waals surface area contributed by atoms with E-state index in [4.69, 9.17) is 0 Å². The third-order valence-corrected chi connectivity index (χ3v) is 5.98. The topological polar surface area (TPSA) is 0 Å². The molecule has 18 heavy (non-hydrogen) atoms. The molecule has 0 aromatic carbocycles. The van der Waals surface area contributed by atoms with Crippen molar-refractivity contribution in [2.24, 2.45) is 29.1 Å². The van der Waals surface area contributed by atoms with Gasteiger partial charge in [0.15, 0.2) is 0 Å². The monoisotopic (exact) mass is 252 g/mol. The van der Waals surface area contributed by atoms with Gasteiger partial charge in [0.05, 0.1) is 0 Å². The standard InChI is InChI=1S/C17H32.CH4/c1-13-7-5-9-15(11-13)17(3,4)16-10-6-8-14(2)12-16;/h13-16H,5-12H2,1-4H3;1H4. The van der Waals surface area contributed by atoms with Crippen LogP contribution in [0, 0.1) is 29.1 Å². The highest BCUT2D eigenvalue weighted by Crippen LogP contribution is 2.50. The minimum absolute atomic E-state index is 0. The lowest BCUT2D eigenvalue weighted by molar-refractivity contribution is 0.0346. The van der Waals surface area contributed by atoms with E-state index in [1.165, 1.54) is 51.4 Å². The summed E-state index contributed by atoms with van der Waals surface area (Å²) < 4.78 is 0. The van der Waals surface area contributed by atoms with Crippen LogP contribution in [-0.2, 0) is 0 Å². The van der Waals surface area contributed by atoms with Crippen LogP contribution >= 0.6 is 0 Å². The van der Waals surface area contributed by atoms with Crippen LogP contribution in [-0.4, -0.2) is 0 Å². The summed E-state index contributed by atoms with van der Waals surface area (Å²) >= 11 is 0. The maximum absolute atomic E-state index is 2.58. The predicted molar refractivity (Wildman–Crippen MR) is 82.8 cm³/mol. The molecule has 0 aromatic heterocycles. The molecule has 4 unspecified atom stereocenters. The molecule has 2 aliphatic carbocycles. The molecule has 0 nitrogen and oxygen atoms in total. The van der Waals surface area contributed by atoms with Crippen molar-refractivity contribution in [1.82, 2.24) is 0 Å². The summed E-state index contributed by atoms with van der Waals surface area (Å²) in [5.74, 6) is 3.96. The average molecular weight is 252 g/mol. The molecule has 2 saturated carbocycles. The Hall–Kier alpha value is 0.